The molecule has 0 saturated carbocycles. The summed E-state index contributed by atoms with van der Waals surface area (Å²) in [5, 5.41) is 40.8. The maximum absolute atomic E-state index is 13.6. The van der Waals surface area contributed by atoms with Crippen LogP contribution in [0.4, 0.5) is 0 Å². The van der Waals surface area contributed by atoms with E-state index in [0.717, 1.165) is 91.2 Å². The molecule has 0 saturated heterocycles. The zero-order valence-electron chi connectivity index (χ0n) is 87.3. The van der Waals surface area contributed by atoms with E-state index < -0.39 is 96.7 Å². The van der Waals surface area contributed by atoms with Crippen LogP contribution >= 0.6 is 25.8 Å². The van der Waals surface area contributed by atoms with Crippen molar-refractivity contribution in [2.45, 2.75) is 488 Å². The Hall–Kier alpha value is -4.35. The molecular weight excluding hydrogens is 1630 g/mol. The molecule has 1 atom stereocenters. The molecule has 6 rings (SSSR count). The fraction of sp³-hybridized carbons (Fsp3) is 0.679. The Bertz CT molecular complexity index is 4040. The molecule has 0 aliphatic heterocycles. The first-order chi connectivity index (χ1) is 58.1. The fourth-order valence-corrected chi connectivity index (χ4v) is 20.9. The standard InChI is InChI=1S/C112H178O3.3H3O3P/c1-37-40-43-46-49-52-55-58-61-110(62-59-56-53-50-47-44-41-38-2,63-60-57-54-51-48-45-42-39-3)100(82-73-85(101(10,11)12)94(113)70-79(82)7)112(98-90(106(25,26)27)66-77(5)67-91(98)107(28,29)30,99-92(108(31,32)33)68-78(6)69-93(99)109(34,35)36)111(83-74-86(102(13,14)15)95(114)71-80(83)8,84-75-87(103(16,17)18)96(115)72-81(84)9)97-88(104(19,20)21)64-76(4)65-89(97)105(22,23)24;3*1-4(2)3/h64-75,100,113-115H,37-63H2,1-36H3;3*1-3H. The number of aromatic hydroxyl groups is 3. The van der Waals surface area contributed by atoms with Crippen molar-refractivity contribution in [3.63, 3.8) is 0 Å². The van der Waals surface area contributed by atoms with Crippen LogP contribution < -0.4 is 0 Å². The van der Waals surface area contributed by atoms with E-state index >= 15 is 0 Å². The van der Waals surface area contributed by atoms with Gasteiger partial charge in [-0.05, 0) is 233 Å². The van der Waals surface area contributed by atoms with Gasteiger partial charge in [0.25, 0.3) is 0 Å². The third-order valence-electron chi connectivity index (χ3n) is 26.7. The number of aryl methyl sites for hydroxylation is 6. The Morgan fingerprint density at radius 1 is 0.228 bits per heavy atom. The van der Waals surface area contributed by atoms with Gasteiger partial charge in [-0.2, -0.15) is 0 Å². The quantitative estimate of drug-likeness (QED) is 0.00999. The number of benzene rings is 6. The smallest absolute Gasteiger partial charge is 0.324 e. The van der Waals surface area contributed by atoms with Crippen LogP contribution in [0.5, 0.6) is 17.2 Å². The third kappa shape index (κ3) is 31.9. The number of hydrogen-bond acceptors (Lipinski definition) is 12. The lowest BCUT2D eigenvalue weighted by atomic mass is 9.35. The van der Waals surface area contributed by atoms with Crippen LogP contribution in [0.25, 0.3) is 0 Å². The van der Waals surface area contributed by atoms with Gasteiger partial charge in [0, 0.05) is 11.3 Å². The van der Waals surface area contributed by atoms with Gasteiger partial charge >= 0.3 is 25.8 Å². The lowest BCUT2D eigenvalue weighted by Gasteiger charge is -2.66. The maximum Gasteiger partial charge on any atom is 0.324 e. The second-order valence-electron chi connectivity index (χ2n) is 47.4. The van der Waals surface area contributed by atoms with E-state index in [-0.39, 0.29) is 0 Å². The van der Waals surface area contributed by atoms with Gasteiger partial charge in [-0.3, -0.25) is 0 Å². The van der Waals surface area contributed by atoms with Crippen LogP contribution in [0.2, 0.25) is 0 Å². The lowest BCUT2D eigenvalue weighted by Crippen LogP contribution is -2.63. The Kier molecular flexibility index (Phi) is 44.8. The molecule has 6 aromatic rings. The van der Waals surface area contributed by atoms with Crippen LogP contribution in [0, 0.1) is 47.0 Å². The Balaban J connectivity index is 0.00000325. The monoisotopic (exact) mass is 1820 g/mol. The summed E-state index contributed by atoms with van der Waals surface area (Å²) in [6.07, 6.45) is 32.4. The molecule has 0 amide bonds. The molecule has 127 heavy (non-hydrogen) atoms. The zero-order valence-corrected chi connectivity index (χ0v) is 90.0. The second-order valence-corrected chi connectivity index (χ2v) is 49.0. The van der Waals surface area contributed by atoms with Gasteiger partial charge in [-0.25, -0.2) is 0 Å². The Morgan fingerprint density at radius 3 is 0.630 bits per heavy atom. The van der Waals surface area contributed by atoms with Crippen molar-refractivity contribution in [3.8, 4) is 17.2 Å². The predicted molar refractivity (Wildman–Crippen MR) is 549 cm³/mol. The summed E-state index contributed by atoms with van der Waals surface area (Å²) in [5.74, 6) is 0.592. The zero-order chi connectivity index (χ0) is 97.7. The van der Waals surface area contributed by atoms with E-state index in [1.54, 1.807) is 0 Å². The molecule has 0 radical (unpaired) electrons. The maximum atomic E-state index is 13.6. The van der Waals surface area contributed by atoms with Gasteiger partial charge in [0.1, 0.15) is 17.2 Å². The topological polar surface area (TPSA) is 243 Å². The number of phenols is 3. The predicted octanol–water partition coefficient (Wildman–Crippen LogP) is 31.6. The summed E-state index contributed by atoms with van der Waals surface area (Å²) in [6.45, 7) is 88.3. The summed E-state index contributed by atoms with van der Waals surface area (Å²) >= 11 is 0. The van der Waals surface area contributed by atoms with E-state index in [1.807, 2.05) is 0 Å². The van der Waals surface area contributed by atoms with E-state index in [2.05, 4.69) is 322 Å². The van der Waals surface area contributed by atoms with Gasteiger partial charge in [0.2, 0.25) is 0 Å². The third-order valence-corrected chi connectivity index (χ3v) is 26.7. The number of hydrogen-bond donors (Lipinski definition) is 12. The first-order valence-electron chi connectivity index (χ1n) is 48.7. The van der Waals surface area contributed by atoms with E-state index in [4.69, 9.17) is 44.0 Å². The van der Waals surface area contributed by atoms with E-state index in [9.17, 15) is 15.3 Å². The summed E-state index contributed by atoms with van der Waals surface area (Å²) in [6, 6.07) is 30.7. The first kappa shape index (κ1) is 117. The SMILES string of the molecule is CCCCCCCCCCC(CCCCCCCCCC)(CCCCCCCCCC)C(c1cc(C(C)(C)C)c(O)cc1C)C(c1c(C(C)(C)C)cc(C)cc1C(C)(C)C)(c1c(C(C)(C)C)cc(C)cc1C(C)(C)C)C(c1cc(C(C)(C)C)c(O)cc1C)(c1cc(C(C)(C)C)c(O)cc1C)c1c(C(C)(C)C)cc(C)cc1C(C)(C)C.OP(O)O.OP(O)O.OP(O)O. The van der Waals surface area contributed by atoms with Gasteiger partial charge in [-0.15, -0.1) is 0 Å². The fourth-order valence-electron chi connectivity index (χ4n) is 20.9. The Morgan fingerprint density at radius 2 is 0.417 bits per heavy atom. The highest BCUT2D eigenvalue weighted by Crippen LogP contribution is 2.75. The van der Waals surface area contributed by atoms with E-state index in [1.165, 1.54) is 199 Å². The second kappa shape index (κ2) is 48.7. The minimum atomic E-state index is -2.62. The lowest BCUT2D eigenvalue weighted by molar-refractivity contribution is 0.0774. The van der Waals surface area contributed by atoms with Crippen LogP contribution in [0.1, 0.15) is 504 Å². The molecule has 0 spiro atoms. The van der Waals surface area contributed by atoms with Crippen LogP contribution in [0.15, 0.2) is 72.8 Å². The van der Waals surface area contributed by atoms with Gasteiger partial charge < -0.3 is 59.4 Å². The minimum Gasteiger partial charge on any atom is -0.508 e. The molecule has 6 aromatic carbocycles. The summed E-state index contributed by atoms with van der Waals surface area (Å²) in [5.41, 5.74) is 18.0. The summed E-state index contributed by atoms with van der Waals surface area (Å²) in [4.78, 5) is 65.1. The molecule has 12 nitrogen and oxygen atoms in total. The average Bonchev–Trinajstić information content (AvgIpc) is 0.643. The molecule has 0 aromatic heterocycles. The molecule has 0 bridgehead atoms. The molecule has 0 heterocycles. The molecule has 0 aliphatic carbocycles. The molecular formula is C112H187O12P3. The van der Waals surface area contributed by atoms with Gasteiger partial charge in [0.15, 0.2) is 0 Å². The van der Waals surface area contributed by atoms with Crippen LogP contribution in [-0.2, 0) is 59.6 Å². The van der Waals surface area contributed by atoms with Crippen molar-refractivity contribution >= 4 is 25.8 Å². The molecule has 1 unspecified atom stereocenters. The van der Waals surface area contributed by atoms with Gasteiger partial charge in [0.05, 0.1) is 5.41 Å². The first-order valence-corrected chi connectivity index (χ1v) is 52.3. The van der Waals surface area contributed by atoms with E-state index in [0.29, 0.717) is 17.2 Å². The normalized spacial score (nSPS) is 13.4. The molecule has 12 N–H and O–H groups in total. The summed E-state index contributed by atoms with van der Waals surface area (Å²) in [7, 11) is -7.86. The van der Waals surface area contributed by atoms with Crippen molar-refractivity contribution in [2.24, 2.45) is 5.41 Å². The summed E-state index contributed by atoms with van der Waals surface area (Å²) < 4.78 is 0. The van der Waals surface area contributed by atoms with Gasteiger partial charge in [-0.1, -0.05) is 433 Å². The molecule has 0 fully saturated rings. The number of phenolic OH excluding ortho intramolecular Hbond substituents is 3. The van der Waals surface area contributed by atoms with Crippen molar-refractivity contribution in [1.82, 2.24) is 0 Å². The molecule has 0 aliphatic rings. The number of rotatable bonds is 36. The molecule has 15 heteroatoms. The highest BCUT2D eigenvalue weighted by atomic mass is 31.2. The minimum absolute atomic E-state index is 0.318. The highest BCUT2D eigenvalue weighted by molar-refractivity contribution is 7.38. The van der Waals surface area contributed by atoms with Crippen molar-refractivity contribution in [2.75, 3.05) is 0 Å². The molecule has 722 valence electrons. The Labute approximate surface area is 780 Å². The largest absolute Gasteiger partial charge is 0.508 e. The average molecular weight is 1820 g/mol. The highest BCUT2D eigenvalue weighted by Gasteiger charge is 2.70. The van der Waals surface area contributed by atoms with Crippen LogP contribution in [-0.4, -0.2) is 59.4 Å². The van der Waals surface area contributed by atoms with Crippen molar-refractivity contribution in [3.05, 3.63) is 190 Å². The number of unbranched alkanes of at least 4 members (excludes halogenated alkanes) is 21. The van der Waals surface area contributed by atoms with Crippen LogP contribution in [0.3, 0.4) is 0 Å². The van der Waals surface area contributed by atoms with Crippen molar-refractivity contribution in [1.29, 1.82) is 0 Å². The van der Waals surface area contributed by atoms with Crippen molar-refractivity contribution < 1.29 is 59.4 Å².